The molecule has 0 aliphatic carbocycles. The number of hydrogen-bond donors (Lipinski definition) is 1. The average Bonchev–Trinajstić information content (AvgIpc) is 2.51. The van der Waals surface area contributed by atoms with E-state index in [1.807, 2.05) is 13.8 Å². The molecule has 0 bridgehead atoms. The molecule has 122 valence electrons. The topological polar surface area (TPSA) is 64.3 Å². The smallest absolute Gasteiger partial charge is 0.279 e. The Labute approximate surface area is 141 Å². The van der Waals surface area contributed by atoms with Gasteiger partial charge >= 0.3 is 0 Å². The predicted octanol–water partition coefficient (Wildman–Crippen LogP) is 3.16. The molecule has 1 heterocycles. The van der Waals surface area contributed by atoms with Gasteiger partial charge in [0.15, 0.2) is 5.75 Å². The van der Waals surface area contributed by atoms with Crippen LogP contribution >= 0.6 is 11.6 Å². The Balaban J connectivity index is 0.00000288. The minimum atomic E-state index is -0.489. The lowest BCUT2D eigenvalue weighted by atomic mass is 9.99. The van der Waals surface area contributed by atoms with Crippen molar-refractivity contribution >= 4 is 11.6 Å². The molecule has 0 unspecified atom stereocenters. The molecule has 0 aliphatic rings. The van der Waals surface area contributed by atoms with Crippen molar-refractivity contribution in [3.63, 3.8) is 0 Å². The maximum Gasteiger partial charge on any atom is 0.279 e. The van der Waals surface area contributed by atoms with Gasteiger partial charge in [-0.1, -0.05) is 23.6 Å². The van der Waals surface area contributed by atoms with Crippen LogP contribution in [0.25, 0.3) is 11.1 Å². The Bertz CT molecular complexity index is 856. The molecule has 1 N–H and O–H groups in total. The SMILES string of the molecule is C#CCn1nc(C)c(O)c(-c2c(C)ccc(Cl)c2OCC)c1=O.[2HH]. The molecule has 5 nitrogen and oxygen atoms in total. The standard InChI is InChI=1S/C17H17ClN2O3.H2/c1-5-9-20-17(22)14(15(21)11(4)19-20)13-10(3)7-8-12(18)16(13)23-6-2;/h1,7-8,21H,6,9H2,2-4H3;1H/i;1+1. The molecule has 1 aromatic carbocycles. The zero-order valence-corrected chi connectivity index (χ0v) is 13.9. The molecule has 0 amide bonds. The highest BCUT2D eigenvalue weighted by Crippen LogP contribution is 2.41. The number of halogens is 1. The fourth-order valence-electron chi connectivity index (χ4n) is 2.36. The van der Waals surface area contributed by atoms with E-state index in [9.17, 15) is 9.90 Å². The van der Waals surface area contributed by atoms with Crippen molar-refractivity contribution in [3.8, 4) is 35.0 Å². The summed E-state index contributed by atoms with van der Waals surface area (Å²) in [5, 5.41) is 14.8. The van der Waals surface area contributed by atoms with Crippen molar-refractivity contribution in [1.82, 2.24) is 9.78 Å². The second-order valence-electron chi connectivity index (χ2n) is 4.98. The van der Waals surface area contributed by atoms with Crippen molar-refractivity contribution in [2.24, 2.45) is 0 Å². The highest BCUT2D eigenvalue weighted by molar-refractivity contribution is 6.32. The Morgan fingerprint density at radius 1 is 1.43 bits per heavy atom. The number of aromatic hydroxyl groups is 1. The van der Waals surface area contributed by atoms with Gasteiger partial charge in [-0.3, -0.25) is 4.79 Å². The molecule has 0 fully saturated rings. The molecular weight excluding hydrogens is 316 g/mol. The van der Waals surface area contributed by atoms with Crippen LogP contribution in [-0.4, -0.2) is 21.5 Å². The molecular formula is C17H19ClN2O3. The molecule has 0 aliphatic heterocycles. The summed E-state index contributed by atoms with van der Waals surface area (Å²) in [5.41, 5.74) is 1.12. The van der Waals surface area contributed by atoms with Crippen LogP contribution in [-0.2, 0) is 6.54 Å². The second kappa shape index (κ2) is 6.76. The van der Waals surface area contributed by atoms with E-state index in [-0.39, 0.29) is 19.3 Å². The van der Waals surface area contributed by atoms with Crippen molar-refractivity contribution in [2.75, 3.05) is 6.61 Å². The average molecular weight is 336 g/mol. The molecule has 23 heavy (non-hydrogen) atoms. The lowest BCUT2D eigenvalue weighted by Crippen LogP contribution is -2.25. The zero-order chi connectivity index (χ0) is 17.1. The van der Waals surface area contributed by atoms with Crippen molar-refractivity contribution in [3.05, 3.63) is 38.8 Å². The number of nitrogens with zero attached hydrogens (tertiary/aromatic N) is 2. The first kappa shape index (κ1) is 16.9. The van der Waals surface area contributed by atoms with Gasteiger partial charge in [-0.2, -0.15) is 5.10 Å². The summed E-state index contributed by atoms with van der Waals surface area (Å²) < 4.78 is 6.74. The van der Waals surface area contributed by atoms with Gasteiger partial charge in [0.05, 0.1) is 17.2 Å². The lowest BCUT2D eigenvalue weighted by Gasteiger charge is -2.17. The number of terminal acetylenes is 1. The van der Waals surface area contributed by atoms with E-state index in [1.165, 1.54) is 0 Å². The predicted molar refractivity (Wildman–Crippen MR) is 92.2 cm³/mol. The van der Waals surface area contributed by atoms with Crippen LogP contribution in [0.3, 0.4) is 0 Å². The molecule has 2 rings (SSSR count). The van der Waals surface area contributed by atoms with E-state index in [1.54, 1.807) is 19.1 Å². The summed E-state index contributed by atoms with van der Waals surface area (Å²) in [4.78, 5) is 12.7. The van der Waals surface area contributed by atoms with Crippen molar-refractivity contribution in [1.29, 1.82) is 0 Å². The Morgan fingerprint density at radius 2 is 2.13 bits per heavy atom. The van der Waals surface area contributed by atoms with Crippen LogP contribution in [0.15, 0.2) is 16.9 Å². The number of benzene rings is 1. The summed E-state index contributed by atoms with van der Waals surface area (Å²) >= 11 is 6.21. The zero-order valence-electron chi connectivity index (χ0n) is 13.2. The van der Waals surface area contributed by atoms with Gasteiger partial charge in [-0.25, -0.2) is 4.68 Å². The van der Waals surface area contributed by atoms with Gasteiger partial charge in [0.2, 0.25) is 0 Å². The maximum absolute atomic E-state index is 12.7. The highest BCUT2D eigenvalue weighted by atomic mass is 35.5. The van der Waals surface area contributed by atoms with Gasteiger partial charge < -0.3 is 9.84 Å². The van der Waals surface area contributed by atoms with Gasteiger partial charge in [-0.15, -0.1) is 6.42 Å². The van der Waals surface area contributed by atoms with Crippen LogP contribution in [0.1, 0.15) is 19.6 Å². The normalized spacial score (nSPS) is 10.4. The molecule has 0 radical (unpaired) electrons. The monoisotopic (exact) mass is 335 g/mol. The van der Waals surface area contributed by atoms with Gasteiger partial charge in [-0.05, 0) is 32.4 Å². The third-order valence-corrected chi connectivity index (χ3v) is 3.69. The van der Waals surface area contributed by atoms with E-state index < -0.39 is 5.56 Å². The minimum absolute atomic E-state index is 0. The van der Waals surface area contributed by atoms with E-state index in [2.05, 4.69) is 11.0 Å². The fourth-order valence-corrected chi connectivity index (χ4v) is 2.57. The summed E-state index contributed by atoms with van der Waals surface area (Å²) in [6.07, 6.45) is 5.28. The lowest BCUT2D eigenvalue weighted by molar-refractivity contribution is 0.341. The quantitative estimate of drug-likeness (QED) is 0.872. The second-order valence-corrected chi connectivity index (χ2v) is 5.38. The molecule has 0 atom stereocenters. The Kier molecular flexibility index (Phi) is 4.97. The number of aryl methyl sites for hydroxylation is 2. The van der Waals surface area contributed by atoms with Crippen LogP contribution in [0.5, 0.6) is 11.5 Å². The molecule has 1 aromatic heterocycles. The summed E-state index contributed by atoms with van der Waals surface area (Å²) in [7, 11) is 0. The summed E-state index contributed by atoms with van der Waals surface area (Å²) in [5.74, 6) is 2.54. The van der Waals surface area contributed by atoms with Crippen LogP contribution in [0.4, 0.5) is 0 Å². The third kappa shape index (κ3) is 3.03. The number of ether oxygens (including phenoxy) is 1. The maximum atomic E-state index is 12.7. The first-order chi connectivity index (χ1) is 10.9. The van der Waals surface area contributed by atoms with Crippen LogP contribution < -0.4 is 10.3 Å². The molecule has 0 saturated heterocycles. The fraction of sp³-hybridized carbons (Fsp3) is 0.294. The van der Waals surface area contributed by atoms with Crippen LogP contribution in [0, 0.1) is 26.2 Å². The van der Waals surface area contributed by atoms with Gasteiger partial charge in [0, 0.05) is 6.99 Å². The highest BCUT2D eigenvalue weighted by Gasteiger charge is 2.23. The summed E-state index contributed by atoms with van der Waals surface area (Å²) in [6, 6.07) is 3.46. The first-order valence-electron chi connectivity index (χ1n) is 7.08. The van der Waals surface area contributed by atoms with Gasteiger partial charge in [0.1, 0.15) is 18.0 Å². The third-order valence-electron chi connectivity index (χ3n) is 3.40. The molecule has 0 saturated carbocycles. The summed E-state index contributed by atoms with van der Waals surface area (Å²) in [6.45, 7) is 5.62. The Hall–Kier alpha value is -2.45. The molecule has 2 aromatic rings. The van der Waals surface area contributed by atoms with Crippen molar-refractivity contribution < 1.29 is 11.3 Å². The minimum Gasteiger partial charge on any atom is -0.505 e. The van der Waals surface area contributed by atoms with Crippen molar-refractivity contribution in [2.45, 2.75) is 27.3 Å². The van der Waals surface area contributed by atoms with Crippen LogP contribution in [0.2, 0.25) is 5.02 Å². The first-order valence-corrected chi connectivity index (χ1v) is 7.46. The number of hydrogen-bond acceptors (Lipinski definition) is 4. The largest absolute Gasteiger partial charge is 0.505 e. The Morgan fingerprint density at radius 3 is 2.74 bits per heavy atom. The van der Waals surface area contributed by atoms with E-state index in [0.29, 0.717) is 28.6 Å². The molecule has 6 heteroatoms. The number of rotatable bonds is 4. The van der Waals surface area contributed by atoms with E-state index in [4.69, 9.17) is 22.8 Å². The number of aromatic nitrogens is 2. The van der Waals surface area contributed by atoms with E-state index in [0.717, 1.165) is 10.2 Å². The molecule has 0 spiro atoms. The van der Waals surface area contributed by atoms with E-state index >= 15 is 0 Å². The van der Waals surface area contributed by atoms with Gasteiger partial charge in [0.25, 0.3) is 5.56 Å².